The zero-order valence-corrected chi connectivity index (χ0v) is 11.8. The van der Waals surface area contributed by atoms with E-state index < -0.39 is 36.1 Å². The van der Waals surface area contributed by atoms with Crippen LogP contribution in [0.5, 0.6) is 0 Å². The Morgan fingerprint density at radius 2 is 1.90 bits per heavy atom. The van der Waals surface area contributed by atoms with Gasteiger partial charge in [-0.1, -0.05) is 30.3 Å². The highest BCUT2D eigenvalue weighted by atomic mass is 16.6. The molecule has 1 fully saturated rings. The van der Waals surface area contributed by atoms with Gasteiger partial charge in [-0.25, -0.2) is 0 Å². The largest absolute Gasteiger partial charge is 0.463 e. The van der Waals surface area contributed by atoms with Gasteiger partial charge in [0, 0.05) is 0 Å². The first-order chi connectivity index (χ1) is 9.99. The molecule has 1 unspecified atom stereocenters. The van der Waals surface area contributed by atoms with Crippen LogP contribution in [-0.2, 0) is 25.5 Å². The summed E-state index contributed by atoms with van der Waals surface area (Å²) in [5.74, 6) is -2.07. The third-order valence-corrected chi connectivity index (χ3v) is 3.50. The number of aliphatic hydroxyl groups is 1. The van der Waals surface area contributed by atoms with Crippen LogP contribution in [0.3, 0.4) is 0 Å². The van der Waals surface area contributed by atoms with Gasteiger partial charge in [0.25, 0.3) is 0 Å². The average molecular weight is 293 g/mol. The highest BCUT2D eigenvalue weighted by molar-refractivity contribution is 5.78. The van der Waals surface area contributed by atoms with Gasteiger partial charge in [0.1, 0.15) is 24.9 Å². The van der Waals surface area contributed by atoms with Gasteiger partial charge in [0.15, 0.2) is 0 Å². The van der Waals surface area contributed by atoms with Crippen LogP contribution in [0.1, 0.15) is 12.5 Å². The first kappa shape index (κ1) is 15.5. The van der Waals surface area contributed by atoms with E-state index in [0.717, 1.165) is 5.56 Å². The number of hydrogen-bond donors (Lipinski definition) is 2. The van der Waals surface area contributed by atoms with Crippen LogP contribution in [0.2, 0.25) is 0 Å². The molecular formula is C15H19NO5. The van der Waals surface area contributed by atoms with Crippen molar-refractivity contribution in [3.63, 3.8) is 0 Å². The normalized spacial score (nSPS) is 30.6. The van der Waals surface area contributed by atoms with E-state index >= 15 is 0 Å². The highest BCUT2D eigenvalue weighted by Crippen LogP contribution is 2.20. The fourth-order valence-electron chi connectivity index (χ4n) is 2.23. The first-order valence-electron chi connectivity index (χ1n) is 6.83. The lowest BCUT2D eigenvalue weighted by Gasteiger charge is -2.24. The van der Waals surface area contributed by atoms with Gasteiger partial charge in [-0.05, 0) is 18.9 Å². The Kier molecular flexibility index (Phi) is 4.93. The Labute approximate surface area is 122 Å². The summed E-state index contributed by atoms with van der Waals surface area (Å²) in [5.41, 5.74) is 6.44. The maximum atomic E-state index is 12.1. The second kappa shape index (κ2) is 6.69. The van der Waals surface area contributed by atoms with E-state index in [1.165, 1.54) is 6.92 Å². The summed E-state index contributed by atoms with van der Waals surface area (Å²) in [6.07, 6.45) is -1.67. The van der Waals surface area contributed by atoms with Crippen molar-refractivity contribution >= 4 is 11.9 Å². The van der Waals surface area contributed by atoms with Crippen LogP contribution < -0.4 is 5.73 Å². The molecule has 0 aromatic heterocycles. The molecule has 3 N–H and O–H groups in total. The van der Waals surface area contributed by atoms with Gasteiger partial charge < -0.3 is 20.3 Å². The minimum Gasteiger partial charge on any atom is -0.463 e. The fraction of sp³-hybridized carbons (Fsp3) is 0.467. The van der Waals surface area contributed by atoms with E-state index in [2.05, 4.69) is 0 Å². The third kappa shape index (κ3) is 3.80. The minimum absolute atomic E-state index is 0.248. The maximum Gasteiger partial charge on any atom is 0.326 e. The summed E-state index contributed by atoms with van der Waals surface area (Å²) < 4.78 is 10.1. The van der Waals surface area contributed by atoms with Crippen LogP contribution in [0.4, 0.5) is 0 Å². The minimum atomic E-state index is -1.15. The van der Waals surface area contributed by atoms with Crippen molar-refractivity contribution < 1.29 is 24.2 Å². The number of aliphatic hydroxyl groups excluding tert-OH is 1. The van der Waals surface area contributed by atoms with Gasteiger partial charge in [-0.2, -0.15) is 0 Å². The van der Waals surface area contributed by atoms with E-state index in [0.29, 0.717) is 6.42 Å². The average Bonchev–Trinajstić information content (AvgIpc) is 2.51. The molecule has 6 heteroatoms. The lowest BCUT2D eigenvalue weighted by molar-refractivity contribution is -0.158. The lowest BCUT2D eigenvalue weighted by atomic mass is 9.91. The molecule has 4 atom stereocenters. The number of carbonyl (C=O) groups excluding carboxylic acids is 2. The van der Waals surface area contributed by atoms with Crippen molar-refractivity contribution in [2.24, 2.45) is 11.7 Å². The second-order valence-corrected chi connectivity index (χ2v) is 5.17. The van der Waals surface area contributed by atoms with Gasteiger partial charge in [0.05, 0.1) is 5.92 Å². The summed E-state index contributed by atoms with van der Waals surface area (Å²) >= 11 is 0. The molecule has 1 aliphatic heterocycles. The lowest BCUT2D eigenvalue weighted by Crippen LogP contribution is -2.41. The van der Waals surface area contributed by atoms with Crippen molar-refractivity contribution in [2.45, 2.75) is 31.6 Å². The Morgan fingerprint density at radius 1 is 1.24 bits per heavy atom. The molecule has 6 nitrogen and oxygen atoms in total. The Balaban J connectivity index is 2.20. The molecule has 0 spiro atoms. The predicted octanol–water partition coefficient (Wildman–Crippen LogP) is 0.0220. The Hall–Kier alpha value is -1.92. The van der Waals surface area contributed by atoms with Crippen LogP contribution in [0.15, 0.2) is 30.3 Å². The van der Waals surface area contributed by atoms with Crippen LogP contribution in [0, 0.1) is 5.92 Å². The molecule has 0 amide bonds. The van der Waals surface area contributed by atoms with Gasteiger partial charge in [-0.3, -0.25) is 9.59 Å². The Bertz CT molecular complexity index is 504. The second-order valence-electron chi connectivity index (χ2n) is 5.17. The predicted molar refractivity (Wildman–Crippen MR) is 74.1 cm³/mol. The smallest absolute Gasteiger partial charge is 0.326 e. The number of carbonyl (C=O) groups is 2. The summed E-state index contributed by atoms with van der Waals surface area (Å²) in [6.45, 7) is 1.29. The summed E-state index contributed by atoms with van der Waals surface area (Å²) in [4.78, 5) is 23.7. The molecule has 1 heterocycles. The van der Waals surface area contributed by atoms with Crippen molar-refractivity contribution in [1.29, 1.82) is 0 Å². The number of benzene rings is 1. The first-order valence-corrected chi connectivity index (χ1v) is 6.83. The van der Waals surface area contributed by atoms with Crippen molar-refractivity contribution in [1.82, 2.24) is 0 Å². The van der Waals surface area contributed by atoms with E-state index in [9.17, 15) is 14.7 Å². The number of ether oxygens (including phenoxy) is 2. The maximum absolute atomic E-state index is 12.1. The Morgan fingerprint density at radius 3 is 2.57 bits per heavy atom. The number of hydrogen-bond acceptors (Lipinski definition) is 6. The van der Waals surface area contributed by atoms with Crippen molar-refractivity contribution in [3.8, 4) is 0 Å². The molecule has 2 rings (SSSR count). The van der Waals surface area contributed by atoms with Gasteiger partial charge in [-0.15, -0.1) is 0 Å². The number of cyclic esters (lactones) is 2. The van der Waals surface area contributed by atoms with Crippen LogP contribution in [0.25, 0.3) is 0 Å². The molecule has 1 aliphatic rings. The molecule has 0 radical (unpaired) electrons. The number of esters is 2. The summed E-state index contributed by atoms with van der Waals surface area (Å²) in [7, 11) is 0. The standard InChI is InChI=1S/C15H19NO5/c1-9-13(17)11(7-10-5-3-2-4-6-10)14(18)20-8-12(16)15(19)21-9/h2-6,9,11-13,17H,7-8,16H2,1H3/t9-,11+,12?,13-/m0/s1. The van der Waals surface area contributed by atoms with Gasteiger partial charge >= 0.3 is 11.9 Å². The zero-order valence-electron chi connectivity index (χ0n) is 11.8. The van der Waals surface area contributed by atoms with Crippen LogP contribution in [-0.4, -0.2) is 41.9 Å². The fourth-order valence-corrected chi connectivity index (χ4v) is 2.23. The summed E-state index contributed by atoms with van der Waals surface area (Å²) in [6, 6.07) is 8.25. The molecule has 0 aliphatic carbocycles. The number of rotatable bonds is 2. The summed E-state index contributed by atoms with van der Waals surface area (Å²) in [5, 5.41) is 10.3. The molecule has 1 aromatic carbocycles. The van der Waals surface area contributed by atoms with Gasteiger partial charge in [0.2, 0.25) is 0 Å². The molecule has 0 saturated carbocycles. The molecule has 114 valence electrons. The third-order valence-electron chi connectivity index (χ3n) is 3.50. The van der Waals surface area contributed by atoms with E-state index in [1.807, 2.05) is 30.3 Å². The topological polar surface area (TPSA) is 98.9 Å². The SMILES string of the molecule is C[C@@H]1OC(=O)C(N)COC(=O)[C@H](Cc2ccccc2)[C@H]1O. The number of nitrogens with two attached hydrogens (primary N) is 1. The monoisotopic (exact) mass is 293 g/mol. The molecule has 1 aromatic rings. The highest BCUT2D eigenvalue weighted by Gasteiger charge is 2.37. The quantitative estimate of drug-likeness (QED) is 0.746. The van der Waals surface area contributed by atoms with Crippen LogP contribution >= 0.6 is 0 Å². The zero-order chi connectivity index (χ0) is 15.4. The molecule has 1 saturated heterocycles. The van der Waals surface area contributed by atoms with Crippen molar-refractivity contribution in [3.05, 3.63) is 35.9 Å². The van der Waals surface area contributed by atoms with E-state index in [1.54, 1.807) is 0 Å². The van der Waals surface area contributed by atoms with E-state index in [4.69, 9.17) is 15.2 Å². The molecular weight excluding hydrogens is 274 g/mol. The molecule has 0 bridgehead atoms. The molecule has 21 heavy (non-hydrogen) atoms. The van der Waals surface area contributed by atoms with Crippen molar-refractivity contribution in [2.75, 3.05) is 6.61 Å². The van der Waals surface area contributed by atoms with E-state index in [-0.39, 0.29) is 6.61 Å².